The van der Waals surface area contributed by atoms with E-state index in [1.54, 1.807) is 42.5 Å². The molecular weight excluding hydrogens is 511 g/mol. The Hall–Kier alpha value is -3.68. The summed E-state index contributed by atoms with van der Waals surface area (Å²) in [6.45, 7) is 4.12. The smallest absolute Gasteiger partial charge is 0.270 e. The fraction of sp³-hybridized carbons (Fsp3) is 0.231. The van der Waals surface area contributed by atoms with Crippen molar-refractivity contribution in [2.45, 2.75) is 24.8 Å². The van der Waals surface area contributed by atoms with Crippen molar-refractivity contribution >= 4 is 16.4 Å². The molecule has 5 N–H and O–H groups in total. The van der Waals surface area contributed by atoms with Crippen LogP contribution in [0.25, 0.3) is 34.3 Å². The Morgan fingerprint density at radius 1 is 1.11 bits per heavy atom. The second-order valence-corrected chi connectivity index (χ2v) is 10.7. The lowest BCUT2D eigenvalue weighted by atomic mass is 10.1. The first-order valence-electron chi connectivity index (χ1n) is 12.0. The van der Waals surface area contributed by atoms with E-state index in [1.165, 1.54) is 12.3 Å². The highest BCUT2D eigenvalue weighted by Crippen LogP contribution is 2.57. The molecule has 0 atom stereocenters. The van der Waals surface area contributed by atoms with E-state index in [-0.39, 0.29) is 28.9 Å². The van der Waals surface area contributed by atoms with Crippen LogP contribution in [-0.2, 0) is 11.3 Å². The maximum atomic E-state index is 14.7. The summed E-state index contributed by atoms with van der Waals surface area (Å²) >= 11 is 0. The molecular formula is C26H27FN6O4S. The van der Waals surface area contributed by atoms with Gasteiger partial charge in [0.2, 0.25) is 0 Å². The Kier molecular flexibility index (Phi) is 7.49. The largest absolute Gasteiger partial charge is 0.414 e. The fourth-order valence-electron chi connectivity index (χ4n) is 3.97. The van der Waals surface area contributed by atoms with Crippen LogP contribution in [0.5, 0.6) is 0 Å². The van der Waals surface area contributed by atoms with Crippen molar-refractivity contribution in [2.24, 2.45) is 0 Å². The van der Waals surface area contributed by atoms with E-state index in [0.29, 0.717) is 47.2 Å². The molecule has 0 saturated carbocycles. The van der Waals surface area contributed by atoms with E-state index in [9.17, 15) is 13.5 Å². The topological polar surface area (TPSA) is 152 Å². The highest BCUT2D eigenvalue weighted by Gasteiger charge is 2.24. The molecule has 3 heterocycles. The number of aromatic nitrogens is 4. The van der Waals surface area contributed by atoms with Crippen molar-refractivity contribution in [3.8, 4) is 34.3 Å². The van der Waals surface area contributed by atoms with Crippen LogP contribution in [0, 0.1) is 5.82 Å². The lowest BCUT2D eigenvalue weighted by Crippen LogP contribution is -2.11. The van der Waals surface area contributed by atoms with Crippen molar-refractivity contribution in [3.63, 3.8) is 0 Å². The Bertz CT molecular complexity index is 1480. The van der Waals surface area contributed by atoms with Gasteiger partial charge in [-0.3, -0.25) is 9.11 Å². The molecule has 10 nitrogen and oxygen atoms in total. The normalized spacial score (nSPS) is 14.4. The SMILES string of the molecule is CCNCc1ccc(-c2nnc(-c3nc(-c4ccc(S(O)(O)C5=CCOCC5)cc4)cnc3N)o2)c(F)c1. The van der Waals surface area contributed by atoms with E-state index < -0.39 is 16.4 Å². The number of anilines is 1. The fourth-order valence-corrected chi connectivity index (χ4v) is 5.46. The molecule has 0 amide bonds. The third-order valence-electron chi connectivity index (χ3n) is 6.04. The van der Waals surface area contributed by atoms with Crippen LogP contribution in [0.1, 0.15) is 18.9 Å². The van der Waals surface area contributed by atoms with Gasteiger partial charge in [-0.25, -0.2) is 14.4 Å². The molecule has 0 saturated heterocycles. The van der Waals surface area contributed by atoms with E-state index in [2.05, 4.69) is 25.5 Å². The number of rotatable bonds is 8. The van der Waals surface area contributed by atoms with Gasteiger partial charge in [-0.05, 0) is 42.4 Å². The Morgan fingerprint density at radius 2 is 1.89 bits per heavy atom. The van der Waals surface area contributed by atoms with Crippen LogP contribution in [0.15, 0.2) is 69.0 Å². The molecule has 12 heteroatoms. The monoisotopic (exact) mass is 538 g/mol. The molecule has 0 radical (unpaired) electrons. The summed E-state index contributed by atoms with van der Waals surface area (Å²) in [6, 6.07) is 11.5. The van der Waals surface area contributed by atoms with Gasteiger partial charge in [0.1, 0.15) is 5.82 Å². The number of nitrogens with two attached hydrogens (primary N) is 1. The summed E-state index contributed by atoms with van der Waals surface area (Å²) in [7, 11) is -3.10. The van der Waals surface area contributed by atoms with E-state index >= 15 is 0 Å². The van der Waals surface area contributed by atoms with Crippen molar-refractivity contribution in [1.82, 2.24) is 25.5 Å². The molecule has 0 bridgehead atoms. The molecule has 0 spiro atoms. The van der Waals surface area contributed by atoms with Gasteiger partial charge < -0.3 is 20.2 Å². The maximum Gasteiger partial charge on any atom is 0.270 e. The number of nitrogens with one attached hydrogen (secondary N) is 1. The molecule has 2 aromatic carbocycles. The molecule has 1 aliphatic rings. The number of benzene rings is 2. The molecule has 0 aliphatic carbocycles. The molecule has 2 aromatic heterocycles. The van der Waals surface area contributed by atoms with Crippen LogP contribution in [0.2, 0.25) is 0 Å². The van der Waals surface area contributed by atoms with Crippen molar-refractivity contribution in [3.05, 3.63) is 71.0 Å². The molecule has 38 heavy (non-hydrogen) atoms. The summed E-state index contributed by atoms with van der Waals surface area (Å²) in [5.41, 5.74) is 8.30. The van der Waals surface area contributed by atoms with Gasteiger partial charge in [0.25, 0.3) is 11.8 Å². The van der Waals surface area contributed by atoms with Crippen molar-refractivity contribution in [1.29, 1.82) is 0 Å². The molecule has 4 aromatic rings. The van der Waals surface area contributed by atoms with Crippen LogP contribution >= 0.6 is 10.6 Å². The Balaban J connectivity index is 1.40. The van der Waals surface area contributed by atoms with Crippen molar-refractivity contribution < 1.29 is 22.6 Å². The summed E-state index contributed by atoms with van der Waals surface area (Å²) in [4.78, 5) is 9.72. The summed E-state index contributed by atoms with van der Waals surface area (Å²) in [5.74, 6) is -0.412. The number of nitrogens with zero attached hydrogens (tertiary/aromatic N) is 4. The third kappa shape index (κ3) is 5.30. The highest BCUT2D eigenvalue weighted by atomic mass is 32.3. The van der Waals surface area contributed by atoms with Gasteiger partial charge >= 0.3 is 0 Å². The summed E-state index contributed by atoms with van der Waals surface area (Å²) < 4.78 is 47.3. The predicted molar refractivity (Wildman–Crippen MR) is 143 cm³/mol. The van der Waals surface area contributed by atoms with Gasteiger partial charge in [0.15, 0.2) is 11.5 Å². The number of ether oxygens (including phenoxy) is 1. The van der Waals surface area contributed by atoms with Crippen molar-refractivity contribution in [2.75, 3.05) is 25.5 Å². The van der Waals surface area contributed by atoms with Gasteiger partial charge in [-0.1, -0.05) is 25.1 Å². The summed E-state index contributed by atoms with van der Waals surface area (Å²) in [5, 5.41) is 11.1. The zero-order chi connectivity index (χ0) is 26.7. The first-order valence-corrected chi connectivity index (χ1v) is 13.5. The average molecular weight is 539 g/mol. The maximum absolute atomic E-state index is 14.7. The van der Waals surface area contributed by atoms with Gasteiger partial charge in [-0.15, -0.1) is 20.8 Å². The predicted octanol–water partition coefficient (Wildman–Crippen LogP) is 5.11. The van der Waals surface area contributed by atoms with Gasteiger partial charge in [0, 0.05) is 23.4 Å². The number of hydrogen-bond acceptors (Lipinski definition) is 10. The minimum Gasteiger partial charge on any atom is -0.414 e. The molecule has 0 fully saturated rings. The van der Waals surface area contributed by atoms with Crippen LogP contribution in [-0.4, -0.2) is 49.0 Å². The number of halogens is 1. The molecule has 1 aliphatic heterocycles. The Labute approximate surface area is 220 Å². The quantitative estimate of drug-likeness (QED) is 0.238. The van der Waals surface area contributed by atoms with Crippen LogP contribution in [0.4, 0.5) is 10.2 Å². The zero-order valence-corrected chi connectivity index (χ0v) is 21.4. The number of hydrogen-bond donors (Lipinski definition) is 4. The first-order chi connectivity index (χ1) is 18.4. The van der Waals surface area contributed by atoms with E-state index in [0.717, 1.165) is 12.1 Å². The van der Waals surface area contributed by atoms with Crippen LogP contribution in [0.3, 0.4) is 0 Å². The molecule has 5 rings (SSSR count). The minimum absolute atomic E-state index is 0.000212. The first kappa shape index (κ1) is 25.9. The van der Waals surface area contributed by atoms with Gasteiger partial charge in [0.05, 0.1) is 35.6 Å². The lowest BCUT2D eigenvalue weighted by molar-refractivity contribution is 0.156. The minimum atomic E-state index is -3.10. The standard InChI is InChI=1S/C26H27FN6O4S/c1-2-29-14-16-3-8-20(21(27)13-16)25-32-33-26(37-25)23-24(28)30-15-22(31-23)17-4-6-18(7-5-17)38(34,35)19-9-11-36-12-10-19/h3-9,13,15,29,34-35H,2,10-12,14H2,1H3,(H2,28,30). The van der Waals surface area contributed by atoms with E-state index in [4.69, 9.17) is 14.9 Å². The third-order valence-corrected chi connectivity index (χ3v) is 8.07. The number of nitrogen functional groups attached to an aromatic ring is 1. The van der Waals surface area contributed by atoms with E-state index in [1.807, 2.05) is 6.92 Å². The summed E-state index contributed by atoms with van der Waals surface area (Å²) in [6.07, 6.45) is 3.67. The molecule has 198 valence electrons. The highest BCUT2D eigenvalue weighted by molar-refractivity contribution is 8.27. The van der Waals surface area contributed by atoms with Gasteiger partial charge in [-0.2, -0.15) is 0 Å². The second kappa shape index (κ2) is 11.0. The zero-order valence-electron chi connectivity index (χ0n) is 20.6. The van der Waals surface area contributed by atoms with Crippen LogP contribution < -0.4 is 11.1 Å². The lowest BCUT2D eigenvalue weighted by Gasteiger charge is -2.36. The second-order valence-electron chi connectivity index (χ2n) is 8.56. The average Bonchev–Trinajstić information content (AvgIpc) is 3.42. The molecule has 0 unspecified atom stereocenters. The Morgan fingerprint density at radius 3 is 2.61 bits per heavy atom.